The van der Waals surface area contributed by atoms with Crippen LogP contribution in [0.4, 0.5) is 5.69 Å². The number of hydrogen-bond donors (Lipinski definition) is 2. The lowest BCUT2D eigenvalue weighted by atomic mass is 10.1. The number of nitrogens with zero attached hydrogens (tertiary/aromatic N) is 3. The van der Waals surface area contributed by atoms with E-state index >= 15 is 0 Å². The SMILES string of the molecule is NC1CCN(c2cnn(CCO)c(=O)c2Br)CC1. The summed E-state index contributed by atoms with van der Waals surface area (Å²) in [5.74, 6) is 0. The molecule has 1 saturated heterocycles. The molecule has 2 rings (SSSR count). The van der Waals surface area contributed by atoms with E-state index < -0.39 is 0 Å². The predicted molar refractivity (Wildman–Crippen MR) is 72.7 cm³/mol. The van der Waals surface area contributed by atoms with Crippen molar-refractivity contribution >= 4 is 21.6 Å². The number of piperidine rings is 1. The van der Waals surface area contributed by atoms with E-state index in [0.29, 0.717) is 4.47 Å². The number of aliphatic hydroxyl groups is 1. The molecule has 0 aromatic carbocycles. The van der Waals surface area contributed by atoms with E-state index in [1.54, 1.807) is 6.20 Å². The molecule has 1 fully saturated rings. The first-order valence-corrected chi connectivity index (χ1v) is 6.79. The Bertz CT molecular complexity index is 469. The van der Waals surface area contributed by atoms with Crippen LogP contribution < -0.4 is 16.2 Å². The summed E-state index contributed by atoms with van der Waals surface area (Å²) in [6.07, 6.45) is 3.51. The molecule has 0 bridgehead atoms. The van der Waals surface area contributed by atoms with Gasteiger partial charge in [-0.3, -0.25) is 4.79 Å². The van der Waals surface area contributed by atoms with Crippen LogP contribution in [0.25, 0.3) is 0 Å². The van der Waals surface area contributed by atoms with Crippen molar-refractivity contribution in [2.75, 3.05) is 24.6 Å². The first kappa shape index (κ1) is 13.5. The van der Waals surface area contributed by atoms with Gasteiger partial charge in [-0.15, -0.1) is 0 Å². The third kappa shape index (κ3) is 2.73. The fraction of sp³-hybridized carbons (Fsp3) is 0.636. The van der Waals surface area contributed by atoms with Gasteiger partial charge in [0.25, 0.3) is 5.56 Å². The summed E-state index contributed by atoms with van der Waals surface area (Å²) in [5, 5.41) is 12.9. The first-order valence-electron chi connectivity index (χ1n) is 6.00. The third-order valence-electron chi connectivity index (χ3n) is 3.16. The normalized spacial score (nSPS) is 17.2. The van der Waals surface area contributed by atoms with Gasteiger partial charge in [0.2, 0.25) is 0 Å². The first-order chi connectivity index (χ1) is 8.63. The Morgan fingerprint density at radius 3 is 2.78 bits per heavy atom. The molecule has 1 aliphatic rings. The molecule has 7 heteroatoms. The zero-order valence-corrected chi connectivity index (χ0v) is 11.6. The molecule has 3 N–H and O–H groups in total. The molecule has 0 amide bonds. The highest BCUT2D eigenvalue weighted by Crippen LogP contribution is 2.24. The van der Waals surface area contributed by atoms with Crippen molar-refractivity contribution in [2.24, 2.45) is 5.73 Å². The number of aliphatic hydroxyl groups excluding tert-OH is 1. The summed E-state index contributed by atoms with van der Waals surface area (Å²) >= 11 is 3.32. The van der Waals surface area contributed by atoms with Crippen molar-refractivity contribution in [1.29, 1.82) is 0 Å². The molecule has 0 spiro atoms. The van der Waals surface area contributed by atoms with Gasteiger partial charge < -0.3 is 15.7 Å². The minimum Gasteiger partial charge on any atom is -0.394 e. The number of anilines is 1. The summed E-state index contributed by atoms with van der Waals surface area (Å²) in [5.41, 5.74) is 6.45. The topological polar surface area (TPSA) is 84.4 Å². The van der Waals surface area contributed by atoms with Crippen LogP contribution in [0, 0.1) is 0 Å². The van der Waals surface area contributed by atoms with Crippen molar-refractivity contribution in [2.45, 2.75) is 25.4 Å². The lowest BCUT2D eigenvalue weighted by Gasteiger charge is -2.32. The molecule has 1 aromatic rings. The van der Waals surface area contributed by atoms with Crippen LogP contribution in [-0.4, -0.2) is 40.6 Å². The van der Waals surface area contributed by atoms with Gasteiger partial charge in [0.1, 0.15) is 4.47 Å². The van der Waals surface area contributed by atoms with E-state index in [2.05, 4.69) is 25.9 Å². The molecule has 1 aliphatic heterocycles. The van der Waals surface area contributed by atoms with E-state index in [4.69, 9.17) is 10.8 Å². The molecule has 2 heterocycles. The zero-order chi connectivity index (χ0) is 13.1. The second-order valence-corrected chi connectivity index (χ2v) is 5.21. The molecule has 0 radical (unpaired) electrons. The largest absolute Gasteiger partial charge is 0.394 e. The summed E-state index contributed by atoms with van der Waals surface area (Å²) in [6.45, 7) is 1.79. The fourth-order valence-corrected chi connectivity index (χ4v) is 2.63. The standard InChI is InChI=1S/C11H17BrN4O2/c12-10-9(15-3-1-8(13)2-4-15)7-14-16(5-6-17)11(10)18/h7-8,17H,1-6,13H2. The highest BCUT2D eigenvalue weighted by Gasteiger charge is 2.20. The molecule has 0 saturated carbocycles. The van der Waals surface area contributed by atoms with Crippen molar-refractivity contribution in [3.8, 4) is 0 Å². The summed E-state index contributed by atoms with van der Waals surface area (Å²) in [7, 11) is 0. The number of halogens is 1. The molecule has 18 heavy (non-hydrogen) atoms. The Balaban J connectivity index is 2.24. The lowest BCUT2D eigenvalue weighted by Crippen LogP contribution is -2.40. The second-order valence-electron chi connectivity index (χ2n) is 4.42. The molecule has 0 atom stereocenters. The highest BCUT2D eigenvalue weighted by atomic mass is 79.9. The molecule has 6 nitrogen and oxygen atoms in total. The Labute approximate surface area is 114 Å². The van der Waals surface area contributed by atoms with Crippen molar-refractivity contribution in [1.82, 2.24) is 9.78 Å². The zero-order valence-electron chi connectivity index (χ0n) is 10.0. The van der Waals surface area contributed by atoms with Gasteiger partial charge in [-0.25, -0.2) is 4.68 Å². The van der Waals surface area contributed by atoms with Crippen LogP contribution in [-0.2, 0) is 6.54 Å². The van der Waals surface area contributed by atoms with Crippen LogP contribution >= 0.6 is 15.9 Å². The van der Waals surface area contributed by atoms with Gasteiger partial charge in [-0.2, -0.15) is 5.10 Å². The van der Waals surface area contributed by atoms with Gasteiger partial charge in [-0.05, 0) is 28.8 Å². The molecule has 100 valence electrons. The minimum absolute atomic E-state index is 0.0999. The molecule has 1 aromatic heterocycles. The van der Waals surface area contributed by atoms with Crippen molar-refractivity contribution in [3.63, 3.8) is 0 Å². The fourth-order valence-electron chi connectivity index (χ4n) is 2.07. The average molecular weight is 317 g/mol. The van der Waals surface area contributed by atoms with Gasteiger partial charge >= 0.3 is 0 Å². The Hall–Kier alpha value is -0.920. The minimum atomic E-state index is -0.212. The van der Waals surface area contributed by atoms with E-state index in [-0.39, 0.29) is 24.8 Å². The smallest absolute Gasteiger partial charge is 0.283 e. The van der Waals surface area contributed by atoms with E-state index in [1.165, 1.54) is 4.68 Å². The van der Waals surface area contributed by atoms with E-state index in [9.17, 15) is 4.79 Å². The van der Waals surface area contributed by atoms with Gasteiger partial charge in [0.15, 0.2) is 0 Å². The summed E-state index contributed by atoms with van der Waals surface area (Å²) < 4.78 is 1.75. The third-order valence-corrected chi connectivity index (χ3v) is 3.90. The Kier molecular flexibility index (Phi) is 4.36. The average Bonchev–Trinajstić information content (AvgIpc) is 2.37. The van der Waals surface area contributed by atoms with Crippen LogP contribution in [0.1, 0.15) is 12.8 Å². The monoisotopic (exact) mass is 316 g/mol. The van der Waals surface area contributed by atoms with Crippen LogP contribution in [0.5, 0.6) is 0 Å². The summed E-state index contributed by atoms with van der Waals surface area (Å²) in [4.78, 5) is 14.1. The highest BCUT2D eigenvalue weighted by molar-refractivity contribution is 9.10. The Morgan fingerprint density at radius 1 is 1.50 bits per heavy atom. The maximum atomic E-state index is 12.0. The van der Waals surface area contributed by atoms with E-state index in [0.717, 1.165) is 31.6 Å². The maximum absolute atomic E-state index is 12.0. The predicted octanol–water partition coefficient (Wildman–Crippen LogP) is -0.0744. The lowest BCUT2D eigenvalue weighted by molar-refractivity contribution is 0.266. The van der Waals surface area contributed by atoms with Gasteiger partial charge in [0, 0.05) is 19.1 Å². The molecular formula is C11H17BrN4O2. The number of nitrogens with two attached hydrogens (primary N) is 1. The number of aromatic nitrogens is 2. The van der Waals surface area contributed by atoms with Crippen molar-refractivity contribution < 1.29 is 5.11 Å². The van der Waals surface area contributed by atoms with E-state index in [1.807, 2.05) is 0 Å². The summed E-state index contributed by atoms with van der Waals surface area (Å²) in [6, 6.07) is 0.253. The van der Waals surface area contributed by atoms with Gasteiger partial charge in [0.05, 0.1) is 25.0 Å². The van der Waals surface area contributed by atoms with Crippen molar-refractivity contribution in [3.05, 3.63) is 21.0 Å². The number of rotatable bonds is 3. The maximum Gasteiger partial charge on any atom is 0.283 e. The van der Waals surface area contributed by atoms with Crippen LogP contribution in [0.15, 0.2) is 15.5 Å². The van der Waals surface area contributed by atoms with Gasteiger partial charge in [-0.1, -0.05) is 0 Å². The van der Waals surface area contributed by atoms with Crippen LogP contribution in [0.2, 0.25) is 0 Å². The molecule has 0 unspecified atom stereocenters. The quantitative estimate of drug-likeness (QED) is 0.815. The molecular weight excluding hydrogens is 300 g/mol. The van der Waals surface area contributed by atoms with Crippen LogP contribution in [0.3, 0.4) is 0 Å². The number of hydrogen-bond acceptors (Lipinski definition) is 5. The second kappa shape index (κ2) is 5.81. The Morgan fingerprint density at radius 2 is 2.17 bits per heavy atom. The molecule has 0 aliphatic carbocycles.